The van der Waals surface area contributed by atoms with Gasteiger partial charge in [0, 0.05) is 19.6 Å². The third-order valence-corrected chi connectivity index (χ3v) is 3.05. The molecule has 1 N–H and O–H groups in total. The maximum atomic E-state index is 13.1. The van der Waals surface area contributed by atoms with Crippen LogP contribution in [0.15, 0.2) is 18.2 Å². The van der Waals surface area contributed by atoms with Crippen molar-refractivity contribution in [3.05, 3.63) is 35.4 Å². The molecule has 1 aliphatic rings. The first-order valence-corrected chi connectivity index (χ1v) is 5.95. The highest BCUT2D eigenvalue weighted by atomic mass is 19.2. The number of amides is 1. The van der Waals surface area contributed by atoms with Crippen LogP contribution < -0.4 is 5.32 Å². The lowest BCUT2D eigenvalue weighted by Crippen LogP contribution is -2.53. The van der Waals surface area contributed by atoms with Crippen molar-refractivity contribution in [2.24, 2.45) is 0 Å². The molecule has 4 nitrogen and oxygen atoms in total. The first-order chi connectivity index (χ1) is 9.11. The fourth-order valence-electron chi connectivity index (χ4n) is 2.04. The summed E-state index contributed by atoms with van der Waals surface area (Å²) in [6, 6.07) is 4.92. The second-order valence-corrected chi connectivity index (χ2v) is 4.36. The maximum absolute atomic E-state index is 13.1. The molecule has 0 aliphatic carbocycles. The second kappa shape index (κ2) is 5.76. The summed E-state index contributed by atoms with van der Waals surface area (Å²) in [5.74, 6) is -2.16. The number of nitrogens with one attached hydrogen (secondary N) is 1. The van der Waals surface area contributed by atoms with E-state index in [1.807, 2.05) is 6.07 Å². The number of hydrogen-bond donors (Lipinski definition) is 1. The Kier molecular flexibility index (Phi) is 4.07. The van der Waals surface area contributed by atoms with E-state index in [1.54, 1.807) is 0 Å². The van der Waals surface area contributed by atoms with Crippen LogP contribution in [0.4, 0.5) is 8.78 Å². The normalized spacial score (nSPS) is 19.0. The Morgan fingerprint density at radius 3 is 2.95 bits per heavy atom. The molecule has 19 heavy (non-hydrogen) atoms. The highest BCUT2D eigenvalue weighted by molar-refractivity contribution is 5.79. The molecule has 6 heteroatoms. The molecule has 1 amide bonds. The van der Waals surface area contributed by atoms with Gasteiger partial charge < -0.3 is 10.2 Å². The SMILES string of the molecule is N#CC1CNCCN1C(=O)Cc1ccc(F)c(F)c1. The molecule has 1 aliphatic heterocycles. The zero-order valence-electron chi connectivity index (χ0n) is 10.2. The van der Waals surface area contributed by atoms with E-state index in [1.165, 1.54) is 11.0 Å². The summed E-state index contributed by atoms with van der Waals surface area (Å²) in [6.07, 6.45) is -0.0324. The van der Waals surface area contributed by atoms with E-state index in [0.717, 1.165) is 12.1 Å². The summed E-state index contributed by atoms with van der Waals surface area (Å²) in [7, 11) is 0. The Hall–Kier alpha value is -2.00. The molecule has 1 atom stereocenters. The predicted octanol–water partition coefficient (Wildman–Crippen LogP) is 0.831. The first kappa shape index (κ1) is 13.4. The molecule has 2 rings (SSSR count). The molecule has 1 heterocycles. The van der Waals surface area contributed by atoms with Crippen molar-refractivity contribution in [3.8, 4) is 6.07 Å². The minimum Gasteiger partial charge on any atom is -0.324 e. The molecule has 0 aromatic heterocycles. The lowest BCUT2D eigenvalue weighted by Gasteiger charge is -2.32. The molecule has 1 unspecified atom stereocenters. The van der Waals surface area contributed by atoms with Crippen LogP contribution >= 0.6 is 0 Å². The lowest BCUT2D eigenvalue weighted by atomic mass is 10.1. The van der Waals surface area contributed by atoms with E-state index in [0.29, 0.717) is 25.2 Å². The van der Waals surface area contributed by atoms with Crippen LogP contribution in [-0.4, -0.2) is 36.5 Å². The Morgan fingerprint density at radius 2 is 2.26 bits per heavy atom. The highest BCUT2D eigenvalue weighted by Gasteiger charge is 2.26. The van der Waals surface area contributed by atoms with Crippen molar-refractivity contribution < 1.29 is 13.6 Å². The van der Waals surface area contributed by atoms with Gasteiger partial charge in [-0.25, -0.2) is 8.78 Å². The standard InChI is InChI=1S/C13H13F2N3O/c14-11-2-1-9(5-12(11)15)6-13(19)18-4-3-17-8-10(18)7-16/h1-2,5,10,17H,3-4,6,8H2. The molecule has 1 saturated heterocycles. The zero-order valence-corrected chi connectivity index (χ0v) is 10.2. The van der Waals surface area contributed by atoms with Crippen LogP contribution in [0.1, 0.15) is 5.56 Å². The number of carbonyl (C=O) groups excluding carboxylic acids is 1. The number of piperazine rings is 1. The van der Waals surface area contributed by atoms with Crippen LogP contribution in [0.25, 0.3) is 0 Å². The van der Waals surface area contributed by atoms with E-state index in [-0.39, 0.29) is 12.3 Å². The quantitative estimate of drug-likeness (QED) is 0.861. The van der Waals surface area contributed by atoms with Crippen molar-refractivity contribution in [2.45, 2.75) is 12.5 Å². The molecule has 0 spiro atoms. The minimum absolute atomic E-state index is 0.0324. The van der Waals surface area contributed by atoms with E-state index in [4.69, 9.17) is 5.26 Å². The van der Waals surface area contributed by atoms with Gasteiger partial charge in [0.1, 0.15) is 6.04 Å². The van der Waals surface area contributed by atoms with Gasteiger partial charge in [0.05, 0.1) is 12.5 Å². The smallest absolute Gasteiger partial charge is 0.228 e. The molecule has 1 aromatic carbocycles. The molecule has 1 aromatic rings. The number of hydrogen-bond acceptors (Lipinski definition) is 3. The van der Waals surface area contributed by atoms with Crippen molar-refractivity contribution in [1.82, 2.24) is 10.2 Å². The molecule has 0 bridgehead atoms. The molecule has 0 radical (unpaired) electrons. The Balaban J connectivity index is 2.07. The minimum atomic E-state index is -0.970. The summed E-state index contributed by atoms with van der Waals surface area (Å²) in [4.78, 5) is 13.5. The average molecular weight is 265 g/mol. The number of carbonyl (C=O) groups is 1. The number of benzene rings is 1. The Labute approximate surface area is 109 Å². The van der Waals surface area contributed by atoms with E-state index in [2.05, 4.69) is 5.32 Å². The third kappa shape index (κ3) is 3.06. The van der Waals surface area contributed by atoms with Gasteiger partial charge in [-0.3, -0.25) is 4.79 Å². The summed E-state index contributed by atoms with van der Waals surface area (Å²) >= 11 is 0. The topological polar surface area (TPSA) is 56.1 Å². The molecule has 1 fully saturated rings. The Morgan fingerprint density at radius 1 is 1.47 bits per heavy atom. The van der Waals surface area contributed by atoms with Gasteiger partial charge in [-0.05, 0) is 17.7 Å². The largest absolute Gasteiger partial charge is 0.324 e. The summed E-state index contributed by atoms with van der Waals surface area (Å²) < 4.78 is 25.8. The third-order valence-electron chi connectivity index (χ3n) is 3.05. The number of nitrogens with zero attached hydrogens (tertiary/aromatic N) is 2. The van der Waals surface area contributed by atoms with Crippen LogP contribution in [0.2, 0.25) is 0 Å². The van der Waals surface area contributed by atoms with E-state index >= 15 is 0 Å². The highest BCUT2D eigenvalue weighted by Crippen LogP contribution is 2.12. The van der Waals surface area contributed by atoms with Crippen LogP contribution in [0, 0.1) is 23.0 Å². The zero-order chi connectivity index (χ0) is 13.8. The molecular weight excluding hydrogens is 252 g/mol. The number of nitriles is 1. The monoisotopic (exact) mass is 265 g/mol. The van der Waals surface area contributed by atoms with Gasteiger partial charge in [-0.1, -0.05) is 6.07 Å². The van der Waals surface area contributed by atoms with Crippen molar-refractivity contribution >= 4 is 5.91 Å². The summed E-state index contributed by atoms with van der Waals surface area (Å²) in [5.41, 5.74) is 0.402. The second-order valence-electron chi connectivity index (χ2n) is 4.36. The van der Waals surface area contributed by atoms with Gasteiger partial charge in [0.2, 0.25) is 5.91 Å². The molecule has 0 saturated carbocycles. The van der Waals surface area contributed by atoms with Gasteiger partial charge in [-0.2, -0.15) is 5.26 Å². The number of rotatable bonds is 2. The van der Waals surface area contributed by atoms with Gasteiger partial charge in [0.15, 0.2) is 11.6 Å². The van der Waals surface area contributed by atoms with Crippen LogP contribution in [-0.2, 0) is 11.2 Å². The van der Waals surface area contributed by atoms with E-state index < -0.39 is 17.7 Å². The number of halogens is 2. The predicted molar refractivity (Wildman–Crippen MR) is 64.0 cm³/mol. The fraction of sp³-hybridized carbons (Fsp3) is 0.385. The van der Waals surface area contributed by atoms with Crippen molar-refractivity contribution in [1.29, 1.82) is 5.26 Å². The van der Waals surface area contributed by atoms with Gasteiger partial charge in [-0.15, -0.1) is 0 Å². The maximum Gasteiger partial charge on any atom is 0.228 e. The lowest BCUT2D eigenvalue weighted by molar-refractivity contribution is -0.132. The van der Waals surface area contributed by atoms with E-state index in [9.17, 15) is 13.6 Å². The van der Waals surface area contributed by atoms with Crippen molar-refractivity contribution in [3.63, 3.8) is 0 Å². The molecule has 100 valence electrons. The van der Waals surface area contributed by atoms with Crippen molar-refractivity contribution in [2.75, 3.05) is 19.6 Å². The van der Waals surface area contributed by atoms with Crippen LogP contribution in [0.5, 0.6) is 0 Å². The molecular formula is C13H13F2N3O. The first-order valence-electron chi connectivity index (χ1n) is 5.95. The average Bonchev–Trinajstić information content (AvgIpc) is 2.43. The van der Waals surface area contributed by atoms with Crippen LogP contribution in [0.3, 0.4) is 0 Å². The Bertz CT molecular complexity index is 527. The summed E-state index contributed by atoms with van der Waals surface area (Å²) in [5, 5.41) is 12.0. The van der Waals surface area contributed by atoms with Gasteiger partial charge in [0.25, 0.3) is 0 Å². The fourth-order valence-corrected chi connectivity index (χ4v) is 2.04. The van der Waals surface area contributed by atoms with Gasteiger partial charge >= 0.3 is 0 Å². The summed E-state index contributed by atoms with van der Waals surface area (Å²) in [6.45, 7) is 1.50.